The Morgan fingerprint density at radius 2 is 1.04 bits per heavy atom. The van der Waals surface area contributed by atoms with Gasteiger partial charge in [-0.2, -0.15) is 0 Å². The zero-order chi connectivity index (χ0) is 39.1. The summed E-state index contributed by atoms with van der Waals surface area (Å²) in [4.78, 5) is 0. The van der Waals surface area contributed by atoms with Gasteiger partial charge in [0, 0.05) is 0 Å². The molecule has 1 radical (unpaired) electrons. The number of hydrogen-bond donors (Lipinski definition) is 0. The molecule has 0 amide bonds. The van der Waals surface area contributed by atoms with Crippen LogP contribution >= 0.6 is 0 Å². The van der Waals surface area contributed by atoms with E-state index >= 15 is 0 Å². The Bertz CT molecular complexity index is 1020. The van der Waals surface area contributed by atoms with Crippen molar-refractivity contribution in [2.24, 2.45) is 23.7 Å². The molecule has 9 heteroatoms. The number of hydrogen-bond acceptors (Lipinski definition) is 4. The topological polar surface area (TPSA) is 36.9 Å². The maximum Gasteiger partial charge on any atom is 0.591 e. The Balaban J connectivity index is 0.000000226. The van der Waals surface area contributed by atoms with Gasteiger partial charge in [-0.1, -0.05) is 187 Å². The average molecular weight is 717 g/mol. The first-order chi connectivity index (χ1) is 24.4. The summed E-state index contributed by atoms with van der Waals surface area (Å²) < 4.78 is 21.7. The van der Waals surface area contributed by atoms with Gasteiger partial charge in [0.05, 0.1) is 11.2 Å². The van der Waals surface area contributed by atoms with Crippen LogP contribution in [-0.2, 0) is 9.31 Å². The molecule has 4 nitrogen and oxygen atoms in total. The van der Waals surface area contributed by atoms with Crippen LogP contribution in [0.3, 0.4) is 0 Å². The van der Waals surface area contributed by atoms with E-state index in [9.17, 15) is 0 Å². The lowest BCUT2D eigenvalue weighted by atomic mass is 9.33. The molecule has 2 saturated carbocycles. The van der Waals surface area contributed by atoms with E-state index in [2.05, 4.69) is 97.0 Å². The minimum Gasteiger partial charge on any atom is -0.523 e. The van der Waals surface area contributed by atoms with E-state index in [1.807, 2.05) is 37.9 Å². The molecule has 2 atom stereocenters. The first-order valence-corrected chi connectivity index (χ1v) is 21.9. The number of para-hydroxylation sites is 2. The normalized spacial score (nSPS) is 24.3. The fourth-order valence-electron chi connectivity index (χ4n) is 8.71. The molecule has 7 rings (SSSR count). The molecule has 1 aromatic rings. The molecule has 52 heavy (non-hydrogen) atoms. The summed E-state index contributed by atoms with van der Waals surface area (Å²) >= 11 is 0. The first-order valence-electron chi connectivity index (χ1n) is 21.9. The fraction of sp³-hybridized carbons (Fsp3) is 0.860. The van der Waals surface area contributed by atoms with Crippen LogP contribution in [0.2, 0.25) is 64.2 Å². The van der Waals surface area contributed by atoms with Crippen molar-refractivity contribution in [1.82, 2.24) is 0 Å². The maximum absolute atomic E-state index is 5.54. The lowest BCUT2D eigenvalue weighted by molar-refractivity contribution is 0.00578. The van der Waals surface area contributed by atoms with Gasteiger partial charge in [0.25, 0.3) is 0 Å². The fourth-order valence-corrected chi connectivity index (χ4v) is 8.71. The highest BCUT2D eigenvalue weighted by Crippen LogP contribution is 2.38. The SMILES string of the molecule is CB(C(C)C(C)C)C(C)C(C)C.CB1CC2CCCC(CCC2)C1.CB1OC(C)(C)C(C)(C)O1.CB1Oc2ccccc2O1.C[B]C1CCCCC1. The zero-order valence-corrected chi connectivity index (χ0v) is 37.1. The van der Waals surface area contributed by atoms with Gasteiger partial charge in [-0.05, 0) is 65.3 Å². The number of fused-ring (bicyclic) bond motifs is 7. The Morgan fingerprint density at radius 3 is 1.35 bits per heavy atom. The smallest absolute Gasteiger partial charge is 0.523 e. The van der Waals surface area contributed by atoms with Crippen molar-refractivity contribution >= 4 is 34.9 Å². The van der Waals surface area contributed by atoms with E-state index in [4.69, 9.17) is 18.6 Å². The van der Waals surface area contributed by atoms with E-state index < -0.39 is 0 Å². The monoisotopic (exact) mass is 718 g/mol. The summed E-state index contributed by atoms with van der Waals surface area (Å²) in [6, 6.07) is 7.66. The molecule has 293 valence electrons. The van der Waals surface area contributed by atoms with E-state index in [0.717, 1.165) is 66.0 Å². The van der Waals surface area contributed by atoms with Gasteiger partial charge >= 0.3 is 14.2 Å². The molecule has 4 heterocycles. The third-order valence-corrected chi connectivity index (χ3v) is 13.6. The van der Waals surface area contributed by atoms with Crippen LogP contribution < -0.4 is 9.31 Å². The van der Waals surface area contributed by atoms with Crippen LogP contribution in [0.5, 0.6) is 11.5 Å². The zero-order valence-electron chi connectivity index (χ0n) is 37.1. The second-order valence-corrected chi connectivity index (χ2v) is 19.0. The highest BCUT2D eigenvalue weighted by atomic mass is 16.7. The molecule has 2 aliphatic carbocycles. The number of rotatable bonds is 5. The first kappa shape index (κ1) is 47.2. The lowest BCUT2D eigenvalue weighted by Gasteiger charge is -2.32. The van der Waals surface area contributed by atoms with Gasteiger partial charge in [0.15, 0.2) is 0 Å². The van der Waals surface area contributed by atoms with Crippen molar-refractivity contribution in [1.29, 1.82) is 0 Å². The minimum atomic E-state index is -0.160. The molecule has 6 aliphatic rings. The van der Waals surface area contributed by atoms with E-state index in [-0.39, 0.29) is 25.4 Å². The Labute approximate surface area is 327 Å². The Morgan fingerprint density at radius 1 is 0.635 bits per heavy atom. The lowest BCUT2D eigenvalue weighted by Crippen LogP contribution is -2.41. The quantitative estimate of drug-likeness (QED) is 0.284. The van der Waals surface area contributed by atoms with Crippen molar-refractivity contribution in [2.75, 3.05) is 0 Å². The molecule has 4 aliphatic heterocycles. The van der Waals surface area contributed by atoms with E-state index in [1.165, 1.54) is 57.6 Å². The van der Waals surface area contributed by atoms with Crippen LogP contribution in [0.25, 0.3) is 0 Å². The minimum absolute atomic E-state index is 0.0648. The van der Waals surface area contributed by atoms with Crippen molar-refractivity contribution in [3.63, 3.8) is 0 Å². The summed E-state index contributed by atoms with van der Waals surface area (Å²) in [6.07, 6.45) is 19.6. The van der Waals surface area contributed by atoms with Crippen molar-refractivity contribution in [3.8, 4) is 11.5 Å². The van der Waals surface area contributed by atoms with Crippen LogP contribution in [0.4, 0.5) is 0 Å². The van der Waals surface area contributed by atoms with Crippen molar-refractivity contribution in [2.45, 2.75) is 215 Å². The summed E-state index contributed by atoms with van der Waals surface area (Å²) in [5.74, 6) is 8.18. The maximum atomic E-state index is 5.54. The van der Waals surface area contributed by atoms with Crippen molar-refractivity contribution < 1.29 is 18.6 Å². The summed E-state index contributed by atoms with van der Waals surface area (Å²) in [6.45, 7) is 35.0. The molecule has 2 unspecified atom stereocenters. The summed E-state index contributed by atoms with van der Waals surface area (Å²) in [7, 11) is 2.17. The highest BCUT2D eigenvalue weighted by molar-refractivity contribution is 6.60. The third-order valence-electron chi connectivity index (χ3n) is 13.6. The van der Waals surface area contributed by atoms with Crippen LogP contribution in [-0.4, -0.2) is 46.1 Å². The third kappa shape index (κ3) is 16.4. The number of benzene rings is 1. The molecule has 0 aromatic heterocycles. The van der Waals surface area contributed by atoms with Crippen molar-refractivity contribution in [3.05, 3.63) is 24.3 Å². The van der Waals surface area contributed by atoms with Gasteiger partial charge in [-0.3, -0.25) is 0 Å². The van der Waals surface area contributed by atoms with Gasteiger partial charge in [0.2, 0.25) is 0 Å². The average Bonchev–Trinajstić information content (AvgIpc) is 3.53. The molecule has 0 spiro atoms. The van der Waals surface area contributed by atoms with Gasteiger partial charge in [0.1, 0.15) is 32.2 Å². The van der Waals surface area contributed by atoms with Crippen LogP contribution in [0.15, 0.2) is 24.3 Å². The second-order valence-electron chi connectivity index (χ2n) is 19.0. The Kier molecular flexibility index (Phi) is 21.1. The molecule has 1 aromatic carbocycles. The largest absolute Gasteiger partial charge is 0.591 e. The van der Waals surface area contributed by atoms with Gasteiger partial charge in [-0.15, -0.1) is 0 Å². The molecule has 2 bridgehead atoms. The Hall–Kier alpha value is -0.935. The summed E-state index contributed by atoms with van der Waals surface area (Å²) in [5.41, 5.74) is -0.321. The molecule has 3 saturated heterocycles. The highest BCUT2D eigenvalue weighted by Gasteiger charge is 2.48. The molecular formula is C43H82B5O4. The van der Waals surface area contributed by atoms with Crippen LogP contribution in [0, 0.1) is 23.7 Å². The van der Waals surface area contributed by atoms with E-state index in [1.54, 1.807) is 25.7 Å². The standard InChI is InChI=1S/C11H21B.C11H25B.C7H7BO2.C7H15BO2.C7H14B/c1-12-8-10-4-2-5-11(9-12)7-3-6-10;1-8(2)10(5)12(7)11(6)9(3)4;1-8-9-6-4-2-3-5-7(6)10-8;1-6(2)7(3,4)10-8(5)9-6;1-8-7-5-3-2-4-6-7/h10-11H,2-9H2,1H3;8-11H,1-7H3;2-5H,1H3;1-5H3;7H,2-6H2,1H3. The second kappa shape index (κ2) is 23.2. The van der Waals surface area contributed by atoms with Gasteiger partial charge < -0.3 is 18.6 Å². The van der Waals surface area contributed by atoms with E-state index in [0.29, 0.717) is 0 Å². The predicted octanol–water partition coefficient (Wildman–Crippen LogP) is 13.7. The molecule has 0 N–H and O–H groups in total. The summed E-state index contributed by atoms with van der Waals surface area (Å²) in [5, 5.41) is 0. The van der Waals surface area contributed by atoms with Gasteiger partial charge in [-0.25, -0.2) is 0 Å². The van der Waals surface area contributed by atoms with Crippen LogP contribution in [0.1, 0.15) is 140 Å². The molecular weight excluding hydrogens is 635 g/mol. The molecule has 5 fully saturated rings. The predicted molar refractivity (Wildman–Crippen MR) is 236 cm³/mol.